The summed E-state index contributed by atoms with van der Waals surface area (Å²) in [5.74, 6) is 0.642. The van der Waals surface area contributed by atoms with Crippen molar-refractivity contribution in [3.63, 3.8) is 0 Å². The highest BCUT2D eigenvalue weighted by Gasteiger charge is 2.17. The normalized spacial score (nSPS) is 16.8. The summed E-state index contributed by atoms with van der Waals surface area (Å²) in [6.07, 6.45) is 4.94. The third kappa shape index (κ3) is 5.46. The molecule has 0 aliphatic carbocycles. The number of phenolic OH excluding ortho intramolecular Hbond substituents is 1. The van der Waals surface area contributed by atoms with Crippen molar-refractivity contribution in [2.24, 2.45) is 0 Å². The number of likely N-dealkylation sites (tertiary alicyclic amines) is 1. The summed E-state index contributed by atoms with van der Waals surface area (Å²) >= 11 is 0. The largest absolute Gasteiger partial charge is 0.507 e. The molecular weight excluding hydrogens is 401 g/mol. The van der Waals surface area contributed by atoms with Crippen LogP contribution in [0.3, 0.4) is 0 Å². The zero-order valence-corrected chi connectivity index (χ0v) is 18.9. The van der Waals surface area contributed by atoms with Gasteiger partial charge in [0.15, 0.2) is 0 Å². The average molecular weight is 434 g/mol. The summed E-state index contributed by atoms with van der Waals surface area (Å²) in [5.41, 5.74) is 4.03. The molecule has 1 aliphatic heterocycles. The Hall–Kier alpha value is -2.92. The molecule has 4 rings (SSSR count). The Kier molecular flexibility index (Phi) is 7.05. The first-order chi connectivity index (χ1) is 15.5. The van der Waals surface area contributed by atoms with E-state index in [2.05, 4.69) is 17.1 Å². The summed E-state index contributed by atoms with van der Waals surface area (Å²) in [4.78, 5) is 7.34. The molecule has 0 amide bonds. The van der Waals surface area contributed by atoms with Gasteiger partial charge in [-0.15, -0.1) is 0 Å². The van der Waals surface area contributed by atoms with Gasteiger partial charge < -0.3 is 15.3 Å². The van der Waals surface area contributed by atoms with E-state index in [1.807, 2.05) is 37.3 Å². The van der Waals surface area contributed by atoms with Gasteiger partial charge in [0.2, 0.25) is 0 Å². The van der Waals surface area contributed by atoms with Crippen LogP contribution >= 0.6 is 0 Å². The number of rotatable bonds is 7. The van der Waals surface area contributed by atoms with Crippen LogP contribution in [-0.2, 0) is 0 Å². The van der Waals surface area contributed by atoms with Crippen LogP contribution < -0.4 is 5.32 Å². The molecule has 1 aliphatic rings. The predicted molar refractivity (Wildman–Crippen MR) is 129 cm³/mol. The van der Waals surface area contributed by atoms with Crippen molar-refractivity contribution in [2.75, 3.05) is 25.0 Å². The molecule has 0 bridgehead atoms. The zero-order chi connectivity index (χ0) is 22.5. The van der Waals surface area contributed by atoms with Crippen LogP contribution in [0.25, 0.3) is 22.4 Å². The lowest BCUT2D eigenvalue weighted by Crippen LogP contribution is -2.38. The summed E-state index contributed by atoms with van der Waals surface area (Å²) in [5, 5.41) is 13.9. The molecule has 0 spiro atoms. The Morgan fingerprint density at radius 3 is 2.78 bits per heavy atom. The van der Waals surface area contributed by atoms with E-state index in [1.54, 1.807) is 12.1 Å². The van der Waals surface area contributed by atoms with Gasteiger partial charge in [-0.25, -0.2) is 9.37 Å². The first-order valence-electron chi connectivity index (χ1n) is 11.6. The van der Waals surface area contributed by atoms with Crippen LogP contribution in [0.5, 0.6) is 5.75 Å². The van der Waals surface area contributed by atoms with Crippen LogP contribution in [0.15, 0.2) is 54.6 Å². The molecule has 4 nitrogen and oxygen atoms in total. The van der Waals surface area contributed by atoms with E-state index in [0.717, 1.165) is 42.0 Å². The molecular formula is C27H32FN3O. The first kappa shape index (κ1) is 22.3. The maximum absolute atomic E-state index is 13.9. The molecule has 1 atom stereocenters. The van der Waals surface area contributed by atoms with E-state index in [0.29, 0.717) is 17.3 Å². The van der Waals surface area contributed by atoms with E-state index in [9.17, 15) is 9.50 Å². The van der Waals surface area contributed by atoms with Crippen molar-refractivity contribution in [3.05, 3.63) is 66.0 Å². The number of anilines is 1. The fourth-order valence-electron chi connectivity index (χ4n) is 4.44. The minimum Gasteiger partial charge on any atom is -0.507 e. The predicted octanol–water partition coefficient (Wildman–Crippen LogP) is 6.25. The van der Waals surface area contributed by atoms with Crippen molar-refractivity contribution in [2.45, 2.75) is 45.6 Å². The molecule has 1 fully saturated rings. The second kappa shape index (κ2) is 10.1. The fraction of sp³-hybridized carbons (Fsp3) is 0.370. The summed E-state index contributed by atoms with van der Waals surface area (Å²) in [6.45, 7) is 7.37. The number of hydrogen-bond donors (Lipinski definition) is 2. The van der Waals surface area contributed by atoms with Gasteiger partial charge >= 0.3 is 0 Å². The minimum atomic E-state index is -0.274. The Morgan fingerprint density at radius 1 is 1.09 bits per heavy atom. The molecule has 2 N–H and O–H groups in total. The Bertz CT molecular complexity index is 1070. The van der Waals surface area contributed by atoms with E-state index < -0.39 is 0 Å². The van der Waals surface area contributed by atoms with Crippen LogP contribution in [0.2, 0.25) is 0 Å². The maximum atomic E-state index is 13.9. The molecule has 1 aromatic heterocycles. The second-order valence-electron chi connectivity index (χ2n) is 8.82. The third-order valence-corrected chi connectivity index (χ3v) is 6.28. The van der Waals surface area contributed by atoms with Gasteiger partial charge in [-0.3, -0.25) is 0 Å². The van der Waals surface area contributed by atoms with Gasteiger partial charge in [0.05, 0.1) is 5.69 Å². The summed E-state index contributed by atoms with van der Waals surface area (Å²) in [6, 6.07) is 16.6. The van der Waals surface area contributed by atoms with E-state index in [4.69, 9.17) is 4.98 Å². The van der Waals surface area contributed by atoms with E-state index >= 15 is 0 Å². The van der Waals surface area contributed by atoms with E-state index in [1.165, 1.54) is 37.9 Å². The highest BCUT2D eigenvalue weighted by atomic mass is 19.1. The lowest BCUT2D eigenvalue weighted by molar-refractivity contribution is 0.160. The number of pyridine rings is 1. The number of aryl methyl sites for hydroxylation is 1. The van der Waals surface area contributed by atoms with Gasteiger partial charge in [-0.05, 0) is 87.2 Å². The average Bonchev–Trinajstić information content (AvgIpc) is 2.79. The number of nitrogens with zero attached hydrogens (tertiary/aromatic N) is 2. The van der Waals surface area contributed by atoms with Gasteiger partial charge in [0.25, 0.3) is 0 Å². The van der Waals surface area contributed by atoms with Gasteiger partial charge in [-0.1, -0.05) is 30.2 Å². The molecule has 1 saturated heterocycles. The van der Waals surface area contributed by atoms with Crippen LogP contribution in [0, 0.1) is 12.7 Å². The van der Waals surface area contributed by atoms with Crippen molar-refractivity contribution in [1.82, 2.24) is 9.88 Å². The molecule has 32 heavy (non-hydrogen) atoms. The van der Waals surface area contributed by atoms with Gasteiger partial charge in [-0.2, -0.15) is 0 Å². The topological polar surface area (TPSA) is 48.4 Å². The quantitative estimate of drug-likeness (QED) is 0.433. The lowest BCUT2D eigenvalue weighted by atomic mass is 10.0. The molecule has 168 valence electrons. The number of aromatic nitrogens is 1. The Labute approximate surface area is 190 Å². The van der Waals surface area contributed by atoms with Crippen LogP contribution in [-0.4, -0.2) is 40.7 Å². The summed E-state index contributed by atoms with van der Waals surface area (Å²) < 4.78 is 13.9. The number of benzene rings is 2. The van der Waals surface area contributed by atoms with Crippen molar-refractivity contribution < 1.29 is 9.50 Å². The molecule has 3 aromatic rings. The first-order valence-corrected chi connectivity index (χ1v) is 11.6. The molecule has 1 unspecified atom stereocenters. The number of hydrogen-bond acceptors (Lipinski definition) is 4. The number of phenols is 1. The van der Waals surface area contributed by atoms with Gasteiger partial charge in [0.1, 0.15) is 17.4 Å². The Morgan fingerprint density at radius 2 is 1.97 bits per heavy atom. The maximum Gasteiger partial charge on any atom is 0.127 e. The minimum absolute atomic E-state index is 0.185. The van der Waals surface area contributed by atoms with Crippen molar-refractivity contribution in [1.29, 1.82) is 0 Å². The molecule has 5 heteroatoms. The van der Waals surface area contributed by atoms with Crippen LogP contribution in [0.1, 0.15) is 38.2 Å². The number of nitrogens with one attached hydrogen (secondary N) is 1. The molecule has 2 heterocycles. The SMILES string of the molecule is Cc1ccc(O)c(-c2cc(-c3cccc(F)c3)cc(NCCCN3CCCCC3C)n2)c1. The lowest BCUT2D eigenvalue weighted by Gasteiger charge is -2.33. The summed E-state index contributed by atoms with van der Waals surface area (Å²) in [7, 11) is 0. The smallest absolute Gasteiger partial charge is 0.127 e. The number of piperidine rings is 1. The number of aromatic hydroxyl groups is 1. The van der Waals surface area contributed by atoms with Crippen molar-refractivity contribution >= 4 is 5.82 Å². The zero-order valence-electron chi connectivity index (χ0n) is 18.9. The monoisotopic (exact) mass is 433 g/mol. The molecule has 2 aromatic carbocycles. The Balaban J connectivity index is 1.56. The molecule has 0 saturated carbocycles. The second-order valence-corrected chi connectivity index (χ2v) is 8.82. The van der Waals surface area contributed by atoms with E-state index in [-0.39, 0.29) is 11.6 Å². The highest BCUT2D eigenvalue weighted by molar-refractivity contribution is 5.76. The third-order valence-electron chi connectivity index (χ3n) is 6.28. The van der Waals surface area contributed by atoms with Crippen LogP contribution in [0.4, 0.5) is 10.2 Å². The highest BCUT2D eigenvalue weighted by Crippen LogP contribution is 2.33. The van der Waals surface area contributed by atoms with Gasteiger partial charge in [0, 0.05) is 24.7 Å². The fourth-order valence-corrected chi connectivity index (χ4v) is 4.44. The standard InChI is InChI=1S/C27H32FN3O/c1-19-10-11-26(32)24(15-19)25-17-22(21-8-5-9-23(28)16-21)18-27(30-25)29-12-6-14-31-13-4-3-7-20(31)2/h5,8-11,15-18,20,32H,3-4,6-7,12-14H2,1-2H3,(H,29,30). The molecule has 0 radical (unpaired) electrons. The van der Waals surface area contributed by atoms with Crippen molar-refractivity contribution in [3.8, 4) is 28.1 Å². The number of halogens is 1.